The van der Waals surface area contributed by atoms with Gasteiger partial charge in [-0.25, -0.2) is 4.98 Å². The van der Waals surface area contributed by atoms with E-state index in [0.717, 1.165) is 22.9 Å². The van der Waals surface area contributed by atoms with E-state index >= 15 is 0 Å². The summed E-state index contributed by atoms with van der Waals surface area (Å²) in [6, 6.07) is 11.9. The molecule has 4 nitrogen and oxygen atoms in total. The maximum absolute atomic E-state index is 12.9. The first kappa shape index (κ1) is 15.0. The molecule has 0 saturated heterocycles. The van der Waals surface area contributed by atoms with Crippen LogP contribution in [0.4, 0.5) is 0 Å². The van der Waals surface area contributed by atoms with E-state index in [-0.39, 0.29) is 5.91 Å². The fraction of sp³-hybridized carbons (Fsp3) is 0.294. The molecule has 1 heterocycles. The van der Waals surface area contributed by atoms with Gasteiger partial charge in [0.2, 0.25) is 5.88 Å². The Morgan fingerprint density at radius 2 is 2.18 bits per heavy atom. The van der Waals surface area contributed by atoms with Gasteiger partial charge in [-0.1, -0.05) is 28.1 Å². The minimum absolute atomic E-state index is 0.0209. The summed E-state index contributed by atoms with van der Waals surface area (Å²) in [6.45, 7) is 0.598. The third kappa shape index (κ3) is 3.30. The number of rotatable bonds is 5. The highest BCUT2D eigenvalue weighted by Gasteiger charge is 2.34. The molecule has 114 valence electrons. The van der Waals surface area contributed by atoms with Crippen molar-refractivity contribution in [3.05, 3.63) is 58.2 Å². The fourth-order valence-corrected chi connectivity index (χ4v) is 2.90. The lowest BCUT2D eigenvalue weighted by Gasteiger charge is -2.23. The summed E-state index contributed by atoms with van der Waals surface area (Å²) in [5.41, 5.74) is 1.63. The molecule has 1 aliphatic rings. The molecule has 0 aliphatic heterocycles. The molecule has 1 aromatic carbocycles. The van der Waals surface area contributed by atoms with Crippen molar-refractivity contribution in [1.29, 1.82) is 0 Å². The predicted molar refractivity (Wildman–Crippen MR) is 87.8 cm³/mol. The van der Waals surface area contributed by atoms with Crippen LogP contribution in [0.3, 0.4) is 0 Å². The van der Waals surface area contributed by atoms with Crippen molar-refractivity contribution >= 4 is 21.8 Å². The van der Waals surface area contributed by atoms with E-state index in [9.17, 15) is 4.79 Å². The molecular weight excluding hydrogens is 344 g/mol. The van der Waals surface area contributed by atoms with Gasteiger partial charge >= 0.3 is 0 Å². The lowest BCUT2D eigenvalue weighted by atomic mass is 10.1. The number of pyridine rings is 1. The van der Waals surface area contributed by atoms with Gasteiger partial charge in [-0.3, -0.25) is 4.79 Å². The minimum atomic E-state index is -0.0209. The third-order valence-electron chi connectivity index (χ3n) is 3.69. The van der Waals surface area contributed by atoms with Crippen LogP contribution < -0.4 is 4.74 Å². The SMILES string of the molecule is COc1ncccc1C(=O)N(Cc1cccc(Br)c1)C1CC1. The van der Waals surface area contributed by atoms with Crippen LogP contribution >= 0.6 is 15.9 Å². The molecule has 3 rings (SSSR count). The van der Waals surface area contributed by atoms with Crippen molar-refractivity contribution in [3.63, 3.8) is 0 Å². The maximum Gasteiger partial charge on any atom is 0.259 e. The molecule has 1 saturated carbocycles. The Balaban J connectivity index is 1.86. The van der Waals surface area contributed by atoms with Crippen LogP contribution in [0.25, 0.3) is 0 Å². The molecule has 0 bridgehead atoms. The normalized spacial score (nSPS) is 13.7. The zero-order chi connectivity index (χ0) is 15.5. The Kier molecular flexibility index (Phi) is 4.43. The van der Waals surface area contributed by atoms with E-state index in [2.05, 4.69) is 20.9 Å². The molecule has 0 atom stereocenters. The quantitative estimate of drug-likeness (QED) is 0.816. The first-order valence-corrected chi connectivity index (χ1v) is 8.03. The highest BCUT2D eigenvalue weighted by molar-refractivity contribution is 9.10. The van der Waals surface area contributed by atoms with Gasteiger partial charge < -0.3 is 9.64 Å². The van der Waals surface area contributed by atoms with Crippen LogP contribution in [-0.2, 0) is 6.54 Å². The number of benzene rings is 1. The van der Waals surface area contributed by atoms with Gasteiger partial charge in [-0.15, -0.1) is 0 Å². The summed E-state index contributed by atoms with van der Waals surface area (Å²) in [7, 11) is 1.54. The Hall–Kier alpha value is -1.88. The van der Waals surface area contributed by atoms with Crippen LogP contribution in [0.1, 0.15) is 28.8 Å². The summed E-state index contributed by atoms with van der Waals surface area (Å²) >= 11 is 3.48. The number of aromatic nitrogens is 1. The molecule has 1 amide bonds. The van der Waals surface area contributed by atoms with Gasteiger partial charge in [0.05, 0.1) is 7.11 Å². The van der Waals surface area contributed by atoms with Gasteiger partial charge in [0, 0.05) is 23.3 Å². The molecule has 0 unspecified atom stereocenters. The number of nitrogens with zero attached hydrogens (tertiary/aromatic N) is 2. The lowest BCUT2D eigenvalue weighted by Crippen LogP contribution is -2.33. The molecular formula is C17H17BrN2O2. The van der Waals surface area contributed by atoms with Gasteiger partial charge in [0.25, 0.3) is 5.91 Å². The lowest BCUT2D eigenvalue weighted by molar-refractivity contribution is 0.0725. The minimum Gasteiger partial charge on any atom is -0.480 e. The van der Waals surface area contributed by atoms with Crippen LogP contribution in [0, 0.1) is 0 Å². The average molecular weight is 361 g/mol. The highest BCUT2D eigenvalue weighted by atomic mass is 79.9. The smallest absolute Gasteiger partial charge is 0.259 e. The van der Waals surface area contributed by atoms with Crippen LogP contribution in [0.2, 0.25) is 0 Å². The molecule has 0 N–H and O–H groups in total. The van der Waals surface area contributed by atoms with E-state index in [0.29, 0.717) is 24.0 Å². The van der Waals surface area contributed by atoms with Gasteiger partial charge in [0.15, 0.2) is 0 Å². The van der Waals surface area contributed by atoms with Crippen molar-refractivity contribution in [1.82, 2.24) is 9.88 Å². The van der Waals surface area contributed by atoms with E-state index in [1.165, 1.54) is 7.11 Å². The van der Waals surface area contributed by atoms with E-state index in [4.69, 9.17) is 4.74 Å². The van der Waals surface area contributed by atoms with Crippen molar-refractivity contribution in [2.24, 2.45) is 0 Å². The number of carbonyl (C=O) groups is 1. The Morgan fingerprint density at radius 3 is 2.86 bits per heavy atom. The number of ether oxygens (including phenoxy) is 1. The second-order valence-electron chi connectivity index (χ2n) is 5.35. The maximum atomic E-state index is 12.9. The second-order valence-corrected chi connectivity index (χ2v) is 6.27. The number of amides is 1. The third-order valence-corrected chi connectivity index (χ3v) is 4.18. The summed E-state index contributed by atoms with van der Waals surface area (Å²) in [5, 5.41) is 0. The largest absolute Gasteiger partial charge is 0.480 e. The van der Waals surface area contributed by atoms with Crippen LogP contribution in [-0.4, -0.2) is 28.9 Å². The highest BCUT2D eigenvalue weighted by Crippen LogP contribution is 2.31. The van der Waals surface area contributed by atoms with E-state index in [1.807, 2.05) is 29.2 Å². The fourth-order valence-electron chi connectivity index (χ4n) is 2.46. The Bertz CT molecular complexity index is 686. The Labute approximate surface area is 138 Å². The number of carbonyl (C=O) groups excluding carboxylic acids is 1. The first-order chi connectivity index (χ1) is 10.7. The monoisotopic (exact) mass is 360 g/mol. The Morgan fingerprint density at radius 1 is 1.36 bits per heavy atom. The average Bonchev–Trinajstić information content (AvgIpc) is 3.37. The number of hydrogen-bond donors (Lipinski definition) is 0. The zero-order valence-corrected chi connectivity index (χ0v) is 13.9. The summed E-state index contributed by atoms with van der Waals surface area (Å²) in [4.78, 5) is 18.9. The predicted octanol–water partition coefficient (Wildman–Crippen LogP) is 3.66. The molecule has 5 heteroatoms. The van der Waals surface area contributed by atoms with Crippen LogP contribution in [0.5, 0.6) is 5.88 Å². The van der Waals surface area contributed by atoms with Gasteiger partial charge in [-0.05, 0) is 42.7 Å². The molecule has 1 aliphatic carbocycles. The first-order valence-electron chi connectivity index (χ1n) is 7.23. The number of hydrogen-bond acceptors (Lipinski definition) is 3. The molecule has 22 heavy (non-hydrogen) atoms. The van der Waals surface area contributed by atoms with Crippen molar-refractivity contribution in [2.75, 3.05) is 7.11 Å². The van der Waals surface area contributed by atoms with E-state index in [1.54, 1.807) is 18.3 Å². The van der Waals surface area contributed by atoms with Crippen molar-refractivity contribution in [3.8, 4) is 5.88 Å². The van der Waals surface area contributed by atoms with Crippen molar-refractivity contribution in [2.45, 2.75) is 25.4 Å². The van der Waals surface area contributed by atoms with Gasteiger partial charge in [-0.2, -0.15) is 0 Å². The number of methoxy groups -OCH3 is 1. The standard InChI is InChI=1S/C17H17BrN2O2/c1-22-16-15(6-3-9-19-16)17(21)20(14-7-8-14)11-12-4-2-5-13(18)10-12/h2-6,9-10,14H,7-8,11H2,1H3. The van der Waals surface area contributed by atoms with Crippen molar-refractivity contribution < 1.29 is 9.53 Å². The molecule has 0 radical (unpaired) electrons. The summed E-state index contributed by atoms with van der Waals surface area (Å²) in [6.07, 6.45) is 3.75. The molecule has 1 fully saturated rings. The zero-order valence-electron chi connectivity index (χ0n) is 12.3. The number of halogens is 1. The molecule has 1 aromatic heterocycles. The topological polar surface area (TPSA) is 42.4 Å². The molecule has 2 aromatic rings. The van der Waals surface area contributed by atoms with Gasteiger partial charge in [0.1, 0.15) is 5.56 Å². The summed E-state index contributed by atoms with van der Waals surface area (Å²) in [5.74, 6) is 0.361. The van der Waals surface area contributed by atoms with E-state index < -0.39 is 0 Å². The second kappa shape index (κ2) is 6.48. The summed E-state index contributed by atoms with van der Waals surface area (Å²) < 4.78 is 6.24. The molecule has 0 spiro atoms. The van der Waals surface area contributed by atoms with Crippen LogP contribution in [0.15, 0.2) is 47.1 Å².